The molecule has 80 valence electrons. The van der Waals surface area contributed by atoms with Crippen LogP contribution in [-0.2, 0) is 10.0 Å². The fourth-order valence-corrected chi connectivity index (χ4v) is 2.13. The van der Waals surface area contributed by atoms with E-state index in [1.807, 2.05) is 0 Å². The highest BCUT2D eigenvalue weighted by atomic mass is 35.5. The van der Waals surface area contributed by atoms with Crippen LogP contribution >= 0.6 is 11.6 Å². The van der Waals surface area contributed by atoms with Crippen LogP contribution in [0.3, 0.4) is 0 Å². The Kier molecular flexibility index (Phi) is 5.25. The van der Waals surface area contributed by atoms with Gasteiger partial charge in [-0.3, -0.25) is 0 Å². The quantitative estimate of drug-likeness (QED) is 0.725. The fourth-order valence-electron chi connectivity index (χ4n) is 0.755. The topological polar surface area (TPSA) is 46.2 Å². The summed E-state index contributed by atoms with van der Waals surface area (Å²) >= 11 is 5.34. The monoisotopic (exact) mass is 227 g/mol. The Balaban J connectivity index is 3.77. The first-order valence-corrected chi connectivity index (χ1v) is 6.49. The lowest BCUT2D eigenvalue weighted by Gasteiger charge is -2.17. The van der Waals surface area contributed by atoms with E-state index >= 15 is 0 Å². The Bertz CT molecular complexity index is 231. The number of rotatable bonds is 5. The lowest BCUT2D eigenvalue weighted by molar-refractivity contribution is 0.378. The maximum Gasteiger partial charge on any atom is 0.212 e. The van der Waals surface area contributed by atoms with E-state index in [0.717, 1.165) is 6.42 Å². The summed E-state index contributed by atoms with van der Waals surface area (Å²) in [7, 11) is -3.14. The third-order valence-corrected chi connectivity index (χ3v) is 3.34. The second kappa shape index (κ2) is 5.17. The molecule has 0 aliphatic rings. The van der Waals surface area contributed by atoms with Gasteiger partial charge in [0.1, 0.15) is 0 Å². The second-order valence-corrected chi connectivity index (χ2v) is 6.52. The molecular formula is C8H18ClNO2S. The number of sulfonamides is 1. The highest BCUT2D eigenvalue weighted by molar-refractivity contribution is 7.89. The zero-order chi connectivity index (χ0) is 10.5. The summed E-state index contributed by atoms with van der Waals surface area (Å²) in [5.41, 5.74) is 0.156. The van der Waals surface area contributed by atoms with Crippen LogP contribution < -0.4 is 4.72 Å². The van der Waals surface area contributed by atoms with E-state index in [1.165, 1.54) is 0 Å². The SMILES string of the molecule is CC(C)(C)CCNS(=O)(=O)CCCl. The Morgan fingerprint density at radius 1 is 1.31 bits per heavy atom. The predicted octanol–water partition coefficient (Wildman–Crippen LogP) is 1.58. The van der Waals surface area contributed by atoms with Crippen LogP contribution in [0.5, 0.6) is 0 Å². The van der Waals surface area contributed by atoms with Crippen molar-refractivity contribution < 1.29 is 8.42 Å². The minimum absolute atomic E-state index is 0.00129. The predicted molar refractivity (Wildman–Crippen MR) is 56.6 cm³/mol. The number of hydrogen-bond donors (Lipinski definition) is 1. The zero-order valence-electron chi connectivity index (χ0n) is 8.43. The molecule has 0 aromatic heterocycles. The van der Waals surface area contributed by atoms with E-state index in [4.69, 9.17) is 11.6 Å². The summed E-state index contributed by atoms with van der Waals surface area (Å²) in [4.78, 5) is 0. The smallest absolute Gasteiger partial charge is 0.212 e. The molecular weight excluding hydrogens is 210 g/mol. The van der Waals surface area contributed by atoms with Gasteiger partial charge in [0.05, 0.1) is 5.75 Å². The van der Waals surface area contributed by atoms with Gasteiger partial charge < -0.3 is 0 Å². The Hall–Kier alpha value is 0.200. The van der Waals surface area contributed by atoms with Gasteiger partial charge in [0.15, 0.2) is 0 Å². The van der Waals surface area contributed by atoms with Crippen molar-refractivity contribution in [3.8, 4) is 0 Å². The minimum atomic E-state index is -3.14. The largest absolute Gasteiger partial charge is 0.215 e. The van der Waals surface area contributed by atoms with Gasteiger partial charge in [-0.15, -0.1) is 11.6 Å². The van der Waals surface area contributed by atoms with Gasteiger partial charge in [-0.2, -0.15) is 0 Å². The van der Waals surface area contributed by atoms with E-state index in [0.29, 0.717) is 6.54 Å². The minimum Gasteiger partial charge on any atom is -0.215 e. The van der Waals surface area contributed by atoms with E-state index in [1.54, 1.807) is 0 Å². The lowest BCUT2D eigenvalue weighted by Crippen LogP contribution is -2.29. The van der Waals surface area contributed by atoms with Crippen LogP contribution in [0.25, 0.3) is 0 Å². The highest BCUT2D eigenvalue weighted by Gasteiger charge is 2.13. The van der Waals surface area contributed by atoms with E-state index < -0.39 is 10.0 Å². The number of alkyl halides is 1. The third-order valence-electron chi connectivity index (χ3n) is 1.54. The maximum atomic E-state index is 11.1. The molecule has 13 heavy (non-hydrogen) atoms. The van der Waals surface area contributed by atoms with Crippen LogP contribution in [0.1, 0.15) is 27.2 Å². The normalized spacial score (nSPS) is 13.2. The molecule has 0 amide bonds. The fraction of sp³-hybridized carbons (Fsp3) is 1.00. The summed E-state index contributed by atoms with van der Waals surface area (Å²) in [6.07, 6.45) is 0.828. The van der Waals surface area contributed by atoms with Crippen molar-refractivity contribution in [1.82, 2.24) is 4.72 Å². The van der Waals surface area contributed by atoms with E-state index in [9.17, 15) is 8.42 Å². The van der Waals surface area contributed by atoms with Crippen LogP contribution in [0.15, 0.2) is 0 Å². The molecule has 0 heterocycles. The van der Waals surface area contributed by atoms with Crippen LogP contribution in [0.4, 0.5) is 0 Å². The van der Waals surface area contributed by atoms with Crippen molar-refractivity contribution in [2.45, 2.75) is 27.2 Å². The molecule has 0 bridgehead atoms. The molecule has 0 atom stereocenters. The van der Waals surface area contributed by atoms with Crippen molar-refractivity contribution in [3.63, 3.8) is 0 Å². The molecule has 0 aromatic carbocycles. The molecule has 0 saturated heterocycles. The molecule has 0 aliphatic heterocycles. The maximum absolute atomic E-state index is 11.1. The molecule has 0 unspecified atom stereocenters. The van der Waals surface area contributed by atoms with Crippen molar-refractivity contribution >= 4 is 21.6 Å². The highest BCUT2D eigenvalue weighted by Crippen LogP contribution is 2.17. The van der Waals surface area contributed by atoms with Gasteiger partial charge in [-0.1, -0.05) is 20.8 Å². The van der Waals surface area contributed by atoms with Crippen LogP contribution in [-0.4, -0.2) is 26.6 Å². The first-order chi connectivity index (χ1) is 5.77. The Morgan fingerprint density at radius 2 is 1.85 bits per heavy atom. The van der Waals surface area contributed by atoms with Crippen LogP contribution in [0.2, 0.25) is 0 Å². The Labute approximate surface area is 85.9 Å². The molecule has 0 fully saturated rings. The van der Waals surface area contributed by atoms with Gasteiger partial charge in [0.25, 0.3) is 0 Å². The molecule has 0 spiro atoms. The van der Waals surface area contributed by atoms with E-state index in [-0.39, 0.29) is 17.0 Å². The van der Waals surface area contributed by atoms with Crippen molar-refractivity contribution in [2.24, 2.45) is 5.41 Å². The third kappa shape index (κ3) is 8.53. The van der Waals surface area contributed by atoms with Gasteiger partial charge in [0.2, 0.25) is 10.0 Å². The first kappa shape index (κ1) is 13.2. The second-order valence-electron chi connectivity index (χ2n) is 4.21. The molecule has 0 aliphatic carbocycles. The molecule has 3 nitrogen and oxygen atoms in total. The summed E-state index contributed by atoms with van der Waals surface area (Å²) in [6.45, 7) is 6.71. The lowest BCUT2D eigenvalue weighted by atomic mass is 9.93. The van der Waals surface area contributed by atoms with Gasteiger partial charge in [0, 0.05) is 12.4 Å². The number of nitrogens with one attached hydrogen (secondary N) is 1. The van der Waals surface area contributed by atoms with Crippen molar-refractivity contribution in [1.29, 1.82) is 0 Å². The van der Waals surface area contributed by atoms with E-state index in [2.05, 4.69) is 25.5 Å². The van der Waals surface area contributed by atoms with Gasteiger partial charge >= 0.3 is 0 Å². The summed E-state index contributed by atoms with van der Waals surface area (Å²) in [6, 6.07) is 0. The Morgan fingerprint density at radius 3 is 2.23 bits per heavy atom. The van der Waals surface area contributed by atoms with Crippen molar-refractivity contribution in [2.75, 3.05) is 18.2 Å². The standard InChI is InChI=1S/C8H18ClNO2S/c1-8(2,3)4-6-10-13(11,12)7-5-9/h10H,4-7H2,1-3H3. The zero-order valence-corrected chi connectivity index (χ0v) is 10.0. The van der Waals surface area contributed by atoms with Crippen molar-refractivity contribution in [3.05, 3.63) is 0 Å². The molecule has 0 aromatic rings. The van der Waals surface area contributed by atoms with Gasteiger partial charge in [-0.05, 0) is 11.8 Å². The van der Waals surface area contributed by atoms with Crippen LogP contribution in [0, 0.1) is 5.41 Å². The number of hydrogen-bond acceptors (Lipinski definition) is 2. The molecule has 0 radical (unpaired) electrons. The molecule has 1 N–H and O–H groups in total. The summed E-state index contributed by atoms with van der Waals surface area (Å²) < 4.78 is 24.7. The van der Waals surface area contributed by atoms with Gasteiger partial charge in [-0.25, -0.2) is 13.1 Å². The average Bonchev–Trinajstić information content (AvgIpc) is 1.82. The molecule has 0 saturated carbocycles. The summed E-state index contributed by atoms with van der Waals surface area (Å²) in [5.74, 6) is 0.142. The first-order valence-electron chi connectivity index (χ1n) is 4.30. The molecule has 0 rings (SSSR count). The molecule has 5 heteroatoms. The number of halogens is 1. The summed E-state index contributed by atoms with van der Waals surface area (Å²) in [5, 5.41) is 0. The average molecular weight is 228 g/mol.